The van der Waals surface area contributed by atoms with Crippen molar-refractivity contribution in [2.24, 2.45) is 5.41 Å². The summed E-state index contributed by atoms with van der Waals surface area (Å²) in [6.07, 6.45) is 6.34. The molecule has 234 valence electrons. The van der Waals surface area contributed by atoms with Crippen LogP contribution in [0.5, 0.6) is 0 Å². The monoisotopic (exact) mass is 617 g/mol. The molecule has 0 unspecified atom stereocenters. The molecule has 0 radical (unpaired) electrons. The first kappa shape index (κ1) is 31.8. The molecule has 1 saturated carbocycles. The fraction of sp³-hybridized carbons (Fsp3) is 0.294. The molecule has 0 spiro atoms. The van der Waals surface area contributed by atoms with Crippen molar-refractivity contribution in [2.75, 3.05) is 13.2 Å². The molecule has 11 heteroatoms. The number of fused-ring (bicyclic) bond motifs is 1. The molecule has 0 atom stereocenters. The number of aromatic nitrogens is 4. The molecule has 0 saturated heterocycles. The Morgan fingerprint density at radius 3 is 2.27 bits per heavy atom. The third kappa shape index (κ3) is 7.73. The number of pyridine rings is 2. The molecule has 6 rings (SSSR count). The molecular formula is C34H34F3N5O3. The molecule has 0 aliphatic heterocycles. The summed E-state index contributed by atoms with van der Waals surface area (Å²) >= 11 is 0. The van der Waals surface area contributed by atoms with Crippen molar-refractivity contribution in [1.29, 1.82) is 0 Å². The molecule has 1 aliphatic rings. The van der Waals surface area contributed by atoms with E-state index in [-0.39, 0.29) is 12.0 Å². The lowest BCUT2D eigenvalue weighted by Crippen LogP contribution is -2.38. The van der Waals surface area contributed by atoms with Gasteiger partial charge in [-0.25, -0.2) is 9.78 Å². The van der Waals surface area contributed by atoms with Gasteiger partial charge in [-0.15, -0.1) is 0 Å². The Morgan fingerprint density at radius 2 is 1.64 bits per heavy atom. The van der Waals surface area contributed by atoms with Crippen LogP contribution in [0.15, 0.2) is 85.3 Å². The van der Waals surface area contributed by atoms with Crippen LogP contribution >= 0.6 is 0 Å². The van der Waals surface area contributed by atoms with E-state index in [9.17, 15) is 18.3 Å². The summed E-state index contributed by atoms with van der Waals surface area (Å²) in [5.74, 6) is -2.76. The topological polar surface area (TPSA) is 124 Å². The summed E-state index contributed by atoms with van der Waals surface area (Å²) in [5.41, 5.74) is 8.20. The SMILES string of the molecule is O=C(O)C(F)(F)F.OCC1(CNCc2ccc(-c3nc4ccnc(-c5cn[nH]c5)c4cc3-c3ccccc3)cc2)CCCCC1. The van der Waals surface area contributed by atoms with Gasteiger partial charge in [0.2, 0.25) is 0 Å². The van der Waals surface area contributed by atoms with E-state index in [2.05, 4.69) is 75.1 Å². The fourth-order valence-corrected chi connectivity index (χ4v) is 5.71. The van der Waals surface area contributed by atoms with Crippen LogP contribution in [-0.2, 0) is 11.3 Å². The number of aliphatic hydroxyl groups is 1. The van der Waals surface area contributed by atoms with Crippen LogP contribution in [0, 0.1) is 5.41 Å². The van der Waals surface area contributed by atoms with E-state index < -0.39 is 12.1 Å². The predicted molar refractivity (Wildman–Crippen MR) is 166 cm³/mol. The van der Waals surface area contributed by atoms with Gasteiger partial charge in [-0.05, 0) is 36.1 Å². The van der Waals surface area contributed by atoms with E-state index in [0.29, 0.717) is 0 Å². The molecule has 8 nitrogen and oxygen atoms in total. The number of nitrogens with zero attached hydrogens (tertiary/aromatic N) is 3. The summed E-state index contributed by atoms with van der Waals surface area (Å²) in [6.45, 7) is 1.92. The molecule has 0 bridgehead atoms. The molecule has 1 aliphatic carbocycles. The Balaban J connectivity index is 0.000000515. The first-order valence-electron chi connectivity index (χ1n) is 14.7. The number of rotatable bonds is 8. The van der Waals surface area contributed by atoms with E-state index in [1.54, 1.807) is 6.20 Å². The standard InChI is InChI=1S/C32H33N5O.C2HF3O2/c38-22-32(14-5-2-6-15-32)21-33-18-23-9-11-25(12-10-23)31-27(24-7-3-1-4-8-24)17-28-29(37-31)13-16-34-30(28)26-19-35-36-20-26;3-2(4,5)1(6)7/h1,3-4,7-13,16-17,19-20,33,38H,2,5-6,14-15,18,21-22H2,(H,35,36);(H,6,7). The summed E-state index contributed by atoms with van der Waals surface area (Å²) in [6, 6.07) is 23.3. The number of H-pyrrole nitrogens is 1. The van der Waals surface area contributed by atoms with Crippen molar-refractivity contribution in [1.82, 2.24) is 25.5 Å². The van der Waals surface area contributed by atoms with Gasteiger partial charge in [0.05, 0.1) is 23.1 Å². The number of benzene rings is 2. The number of aromatic amines is 1. The van der Waals surface area contributed by atoms with E-state index in [1.165, 1.54) is 24.8 Å². The quantitative estimate of drug-likeness (QED) is 0.148. The van der Waals surface area contributed by atoms with E-state index in [4.69, 9.17) is 14.9 Å². The molecule has 3 heterocycles. The number of aliphatic hydroxyl groups excluding tert-OH is 1. The number of carboxylic acid groups (broad SMARTS) is 1. The maximum absolute atomic E-state index is 10.6. The second-order valence-corrected chi connectivity index (χ2v) is 11.3. The number of hydrogen-bond acceptors (Lipinski definition) is 6. The highest BCUT2D eigenvalue weighted by atomic mass is 19.4. The lowest BCUT2D eigenvalue weighted by Gasteiger charge is -2.35. The normalized spacial score (nSPS) is 14.5. The smallest absolute Gasteiger partial charge is 0.475 e. The Morgan fingerprint density at radius 1 is 0.933 bits per heavy atom. The average Bonchev–Trinajstić information content (AvgIpc) is 3.60. The van der Waals surface area contributed by atoms with E-state index in [1.807, 2.05) is 24.5 Å². The number of aliphatic carboxylic acids is 1. The summed E-state index contributed by atoms with van der Waals surface area (Å²) in [5, 5.41) is 28.8. The lowest BCUT2D eigenvalue weighted by atomic mass is 9.74. The Hall–Kier alpha value is -4.61. The molecule has 3 aromatic heterocycles. The van der Waals surface area contributed by atoms with Gasteiger partial charge in [-0.2, -0.15) is 18.3 Å². The second kappa shape index (κ2) is 14.0. The Kier molecular flexibility index (Phi) is 9.90. The zero-order chi connectivity index (χ0) is 31.9. The number of halogens is 3. The van der Waals surface area contributed by atoms with Crippen molar-refractivity contribution in [3.8, 4) is 33.6 Å². The molecular weight excluding hydrogens is 583 g/mol. The first-order valence-corrected chi connectivity index (χ1v) is 14.7. The second-order valence-electron chi connectivity index (χ2n) is 11.3. The first-order chi connectivity index (χ1) is 21.7. The largest absolute Gasteiger partial charge is 0.490 e. The van der Waals surface area contributed by atoms with Gasteiger partial charge in [0.25, 0.3) is 0 Å². The van der Waals surface area contributed by atoms with Gasteiger partial charge in [0, 0.05) is 59.6 Å². The number of nitrogens with one attached hydrogen (secondary N) is 2. The number of carbonyl (C=O) groups is 1. The van der Waals surface area contributed by atoms with Crippen molar-refractivity contribution < 1.29 is 28.2 Å². The third-order valence-corrected chi connectivity index (χ3v) is 8.15. The van der Waals surface area contributed by atoms with Crippen molar-refractivity contribution in [3.05, 3.63) is 90.9 Å². The van der Waals surface area contributed by atoms with Crippen molar-refractivity contribution in [2.45, 2.75) is 44.8 Å². The van der Waals surface area contributed by atoms with Crippen LogP contribution in [0.4, 0.5) is 13.2 Å². The minimum atomic E-state index is -5.08. The fourth-order valence-electron chi connectivity index (χ4n) is 5.71. The lowest BCUT2D eigenvalue weighted by molar-refractivity contribution is -0.192. The third-order valence-electron chi connectivity index (χ3n) is 8.15. The minimum absolute atomic E-state index is 0.0436. The van der Waals surface area contributed by atoms with E-state index in [0.717, 1.165) is 70.5 Å². The van der Waals surface area contributed by atoms with Crippen molar-refractivity contribution >= 4 is 16.9 Å². The van der Waals surface area contributed by atoms with Crippen LogP contribution in [0.3, 0.4) is 0 Å². The number of alkyl halides is 3. The Bertz CT molecular complexity index is 1700. The highest BCUT2D eigenvalue weighted by Crippen LogP contribution is 2.37. The number of carboxylic acids is 1. The maximum atomic E-state index is 10.6. The van der Waals surface area contributed by atoms with Gasteiger partial charge in [-0.1, -0.05) is 73.9 Å². The van der Waals surface area contributed by atoms with E-state index >= 15 is 0 Å². The van der Waals surface area contributed by atoms with Gasteiger partial charge < -0.3 is 15.5 Å². The van der Waals surface area contributed by atoms with Crippen LogP contribution in [-0.4, -0.2) is 55.7 Å². The Labute approximate surface area is 258 Å². The minimum Gasteiger partial charge on any atom is -0.475 e. The average molecular weight is 618 g/mol. The van der Waals surface area contributed by atoms with Crippen LogP contribution in [0.25, 0.3) is 44.5 Å². The number of hydrogen-bond donors (Lipinski definition) is 4. The van der Waals surface area contributed by atoms with Crippen LogP contribution in [0.2, 0.25) is 0 Å². The van der Waals surface area contributed by atoms with Crippen LogP contribution < -0.4 is 5.32 Å². The predicted octanol–water partition coefficient (Wildman–Crippen LogP) is 7.02. The maximum Gasteiger partial charge on any atom is 0.490 e. The van der Waals surface area contributed by atoms with Gasteiger partial charge >= 0.3 is 12.1 Å². The summed E-state index contributed by atoms with van der Waals surface area (Å²) in [7, 11) is 0. The van der Waals surface area contributed by atoms with Gasteiger partial charge in [-0.3, -0.25) is 10.1 Å². The molecule has 1 fully saturated rings. The molecule has 0 amide bonds. The van der Waals surface area contributed by atoms with Crippen LogP contribution in [0.1, 0.15) is 37.7 Å². The van der Waals surface area contributed by atoms with Crippen molar-refractivity contribution in [3.63, 3.8) is 0 Å². The van der Waals surface area contributed by atoms with Gasteiger partial charge in [0.1, 0.15) is 0 Å². The zero-order valence-electron chi connectivity index (χ0n) is 24.5. The van der Waals surface area contributed by atoms with Gasteiger partial charge in [0.15, 0.2) is 0 Å². The molecule has 2 aromatic carbocycles. The molecule has 45 heavy (non-hydrogen) atoms. The highest BCUT2D eigenvalue weighted by molar-refractivity contribution is 5.98. The molecule has 5 aromatic rings. The molecule has 4 N–H and O–H groups in total. The highest BCUT2D eigenvalue weighted by Gasteiger charge is 2.38. The summed E-state index contributed by atoms with van der Waals surface area (Å²) in [4.78, 5) is 18.7. The summed E-state index contributed by atoms with van der Waals surface area (Å²) < 4.78 is 31.7. The zero-order valence-corrected chi connectivity index (χ0v) is 24.5.